The minimum atomic E-state index is 0.459. The van der Waals surface area contributed by atoms with Gasteiger partial charge in [0.05, 0.1) is 12.3 Å². The van der Waals surface area contributed by atoms with Crippen molar-refractivity contribution in [3.05, 3.63) is 0 Å². The number of rotatable bonds is 0. The molecule has 3 atom stereocenters. The lowest BCUT2D eigenvalue weighted by atomic mass is 9.98. The molecule has 64 valence electrons. The first-order valence-electron chi connectivity index (χ1n) is 4.56. The van der Waals surface area contributed by atoms with Crippen LogP contribution in [0.4, 0.5) is 0 Å². The van der Waals surface area contributed by atoms with Crippen LogP contribution in [0.1, 0.15) is 26.7 Å². The third-order valence-corrected chi connectivity index (χ3v) is 2.71. The predicted molar refractivity (Wildman–Crippen MR) is 44.6 cm³/mol. The van der Waals surface area contributed by atoms with Crippen molar-refractivity contribution < 1.29 is 0 Å². The summed E-state index contributed by atoms with van der Waals surface area (Å²) in [4.78, 5) is 0. The molecule has 0 bridgehead atoms. The fourth-order valence-corrected chi connectivity index (χ4v) is 2.13. The number of hydrogen-bond donors (Lipinski definition) is 2. The van der Waals surface area contributed by atoms with E-state index >= 15 is 0 Å². The fraction of sp³-hybridized carbons (Fsp3) is 1.00. The Bertz CT molecular complexity index is 148. The maximum Gasteiger partial charge on any atom is 0.0771 e. The maximum absolute atomic E-state index is 3.52. The molecule has 0 spiro atoms. The smallest absolute Gasteiger partial charge is 0.0771 e. The van der Waals surface area contributed by atoms with Crippen LogP contribution in [0.2, 0.25) is 0 Å². The van der Waals surface area contributed by atoms with Gasteiger partial charge in [-0.3, -0.25) is 5.32 Å². The molecule has 0 amide bonds. The van der Waals surface area contributed by atoms with Gasteiger partial charge in [-0.2, -0.15) is 0 Å². The summed E-state index contributed by atoms with van der Waals surface area (Å²) in [5.74, 6) is 0.793. The van der Waals surface area contributed by atoms with Gasteiger partial charge in [0.1, 0.15) is 0 Å². The summed E-state index contributed by atoms with van der Waals surface area (Å²) in [7, 11) is 0. The van der Waals surface area contributed by atoms with Crippen molar-refractivity contribution in [3.63, 3.8) is 0 Å². The molecule has 0 aromatic carbocycles. The molecule has 11 heavy (non-hydrogen) atoms. The first-order chi connectivity index (χ1) is 5.27. The van der Waals surface area contributed by atoms with E-state index in [0.29, 0.717) is 12.3 Å². The van der Waals surface area contributed by atoms with Gasteiger partial charge < -0.3 is 0 Å². The topological polar surface area (TPSA) is 27.3 Å². The molecule has 0 saturated carbocycles. The van der Waals surface area contributed by atoms with E-state index in [1.165, 1.54) is 19.4 Å². The normalized spacial score (nSPS) is 45.8. The number of piperidine rings is 1. The van der Waals surface area contributed by atoms with E-state index in [1.807, 2.05) is 0 Å². The quantitative estimate of drug-likeness (QED) is 0.533. The molecule has 0 aliphatic carbocycles. The van der Waals surface area contributed by atoms with E-state index in [-0.39, 0.29) is 0 Å². The van der Waals surface area contributed by atoms with Crippen molar-refractivity contribution >= 4 is 0 Å². The van der Waals surface area contributed by atoms with Crippen molar-refractivity contribution in [1.29, 1.82) is 0 Å². The number of fused-ring (bicyclic) bond motifs is 1. The Balaban J connectivity index is 2.03. The van der Waals surface area contributed by atoms with Crippen LogP contribution >= 0.6 is 0 Å². The second kappa shape index (κ2) is 2.73. The second-order valence-corrected chi connectivity index (χ2v) is 3.78. The van der Waals surface area contributed by atoms with E-state index < -0.39 is 0 Å². The second-order valence-electron chi connectivity index (χ2n) is 3.78. The van der Waals surface area contributed by atoms with Crippen molar-refractivity contribution in [1.82, 2.24) is 15.8 Å². The van der Waals surface area contributed by atoms with Crippen molar-refractivity contribution in [2.24, 2.45) is 5.92 Å². The Morgan fingerprint density at radius 2 is 2.18 bits per heavy atom. The predicted octanol–water partition coefficient (Wildman–Crippen LogP) is 0.498. The number of nitrogens with one attached hydrogen (secondary N) is 2. The highest BCUT2D eigenvalue weighted by Gasteiger charge is 2.34. The van der Waals surface area contributed by atoms with Gasteiger partial charge >= 0.3 is 0 Å². The van der Waals surface area contributed by atoms with Crippen LogP contribution < -0.4 is 10.7 Å². The number of nitrogens with zero attached hydrogens (tertiary/aromatic N) is 1. The Morgan fingerprint density at radius 3 is 2.91 bits per heavy atom. The Morgan fingerprint density at radius 1 is 1.36 bits per heavy atom. The van der Waals surface area contributed by atoms with Crippen LogP contribution in [0.3, 0.4) is 0 Å². The van der Waals surface area contributed by atoms with E-state index in [4.69, 9.17) is 0 Å². The molecular weight excluding hydrogens is 138 g/mol. The first kappa shape index (κ1) is 7.53. The van der Waals surface area contributed by atoms with Crippen molar-refractivity contribution in [2.75, 3.05) is 6.54 Å². The zero-order valence-electron chi connectivity index (χ0n) is 7.30. The maximum atomic E-state index is 3.52. The minimum absolute atomic E-state index is 0.459. The Hall–Kier alpha value is -0.120. The van der Waals surface area contributed by atoms with E-state index in [1.54, 1.807) is 0 Å². The molecular formula is C8H17N3. The molecule has 3 heteroatoms. The standard InChI is InChI=1S/C8H17N3/c1-6-4-3-5-11-8(6)9-7(2)10-11/h6-10H,3-5H2,1-2H3. The van der Waals surface area contributed by atoms with Crippen molar-refractivity contribution in [2.45, 2.75) is 39.0 Å². The van der Waals surface area contributed by atoms with Gasteiger partial charge in [-0.25, -0.2) is 10.4 Å². The van der Waals surface area contributed by atoms with Gasteiger partial charge in [-0.15, -0.1) is 0 Å². The molecule has 0 aromatic rings. The van der Waals surface area contributed by atoms with Crippen LogP contribution in [0.15, 0.2) is 0 Å². The average Bonchev–Trinajstić information content (AvgIpc) is 2.31. The Labute approximate surface area is 68.1 Å². The summed E-state index contributed by atoms with van der Waals surface area (Å²) < 4.78 is 0. The number of hydrogen-bond acceptors (Lipinski definition) is 3. The summed E-state index contributed by atoms with van der Waals surface area (Å²) in [6.45, 7) is 5.70. The summed E-state index contributed by atoms with van der Waals surface area (Å²) >= 11 is 0. The molecule has 3 unspecified atom stereocenters. The molecule has 2 aliphatic heterocycles. The highest BCUT2D eigenvalue weighted by molar-refractivity contribution is 4.84. The molecule has 0 aromatic heterocycles. The third-order valence-electron chi connectivity index (χ3n) is 2.71. The zero-order valence-corrected chi connectivity index (χ0v) is 7.30. The van der Waals surface area contributed by atoms with E-state index in [2.05, 4.69) is 29.6 Å². The zero-order chi connectivity index (χ0) is 7.84. The molecule has 0 radical (unpaired) electrons. The SMILES string of the molecule is CC1NC2C(C)CCCN2N1. The minimum Gasteiger partial charge on any atom is -0.284 e. The van der Waals surface area contributed by atoms with Gasteiger partial charge in [0.2, 0.25) is 0 Å². The lowest BCUT2D eigenvalue weighted by Gasteiger charge is -2.33. The van der Waals surface area contributed by atoms with Gasteiger partial charge in [0.25, 0.3) is 0 Å². The highest BCUT2D eigenvalue weighted by Crippen LogP contribution is 2.22. The molecule has 3 nitrogen and oxygen atoms in total. The average molecular weight is 155 g/mol. The molecule has 2 rings (SSSR count). The van der Waals surface area contributed by atoms with Crippen molar-refractivity contribution in [3.8, 4) is 0 Å². The summed E-state index contributed by atoms with van der Waals surface area (Å²) in [6, 6.07) is 0. The lowest BCUT2D eigenvalue weighted by molar-refractivity contribution is 0.0909. The van der Waals surface area contributed by atoms with Gasteiger partial charge in [0.15, 0.2) is 0 Å². The van der Waals surface area contributed by atoms with E-state index in [0.717, 1.165) is 5.92 Å². The highest BCUT2D eigenvalue weighted by atomic mass is 15.6. The fourth-order valence-electron chi connectivity index (χ4n) is 2.13. The Kier molecular flexibility index (Phi) is 1.87. The van der Waals surface area contributed by atoms with Crippen LogP contribution in [0.25, 0.3) is 0 Å². The number of hydrazine groups is 1. The summed E-state index contributed by atoms with van der Waals surface area (Å²) in [6.07, 6.45) is 3.74. The van der Waals surface area contributed by atoms with Gasteiger partial charge in [0, 0.05) is 6.54 Å². The van der Waals surface area contributed by atoms with Crippen LogP contribution in [-0.2, 0) is 0 Å². The molecule has 2 heterocycles. The molecule has 2 N–H and O–H groups in total. The molecule has 2 saturated heterocycles. The van der Waals surface area contributed by atoms with Crippen LogP contribution in [-0.4, -0.2) is 23.9 Å². The molecule has 2 aliphatic rings. The van der Waals surface area contributed by atoms with Gasteiger partial charge in [-0.05, 0) is 25.7 Å². The third kappa shape index (κ3) is 1.28. The molecule has 2 fully saturated rings. The lowest BCUT2D eigenvalue weighted by Crippen LogP contribution is -2.47. The van der Waals surface area contributed by atoms with Gasteiger partial charge in [-0.1, -0.05) is 6.92 Å². The van der Waals surface area contributed by atoms with E-state index in [9.17, 15) is 0 Å². The van der Waals surface area contributed by atoms with Crippen LogP contribution in [0, 0.1) is 5.92 Å². The largest absolute Gasteiger partial charge is 0.284 e. The first-order valence-corrected chi connectivity index (χ1v) is 4.56. The summed E-state index contributed by atoms with van der Waals surface area (Å²) in [5.41, 5.74) is 3.41. The van der Waals surface area contributed by atoms with Crippen LogP contribution in [0.5, 0.6) is 0 Å². The summed E-state index contributed by atoms with van der Waals surface area (Å²) in [5, 5.41) is 5.87. The monoisotopic (exact) mass is 155 g/mol.